The fourth-order valence-corrected chi connectivity index (χ4v) is 2.10. The molecule has 1 amide bonds. The van der Waals surface area contributed by atoms with Crippen LogP contribution in [-0.4, -0.2) is 24.2 Å². The highest BCUT2D eigenvalue weighted by Gasteiger charge is 2.41. The lowest BCUT2D eigenvalue weighted by Crippen LogP contribution is -2.32. The standard InChI is InChI=1S/C15H22N2O2/c16-13(12-4-2-1-3-5-12)6-7-14(19)17-10-15(11-18)8-9-15/h1-5,13,18H,6-11,16H2,(H,17,19). The van der Waals surface area contributed by atoms with E-state index in [9.17, 15) is 4.79 Å². The van der Waals surface area contributed by atoms with Crippen molar-refractivity contribution in [1.29, 1.82) is 0 Å². The summed E-state index contributed by atoms with van der Waals surface area (Å²) in [4.78, 5) is 11.7. The molecule has 1 unspecified atom stereocenters. The zero-order valence-corrected chi connectivity index (χ0v) is 11.1. The Labute approximate surface area is 114 Å². The third kappa shape index (κ3) is 4.04. The van der Waals surface area contributed by atoms with Crippen LogP contribution in [0.15, 0.2) is 30.3 Å². The van der Waals surface area contributed by atoms with Gasteiger partial charge in [-0.25, -0.2) is 0 Å². The predicted octanol–water partition coefficient (Wildman–Crippen LogP) is 1.36. The van der Waals surface area contributed by atoms with Gasteiger partial charge in [-0.3, -0.25) is 4.79 Å². The molecule has 1 atom stereocenters. The third-order valence-electron chi connectivity index (χ3n) is 3.86. The number of aliphatic hydroxyl groups is 1. The number of carbonyl (C=O) groups excluding carboxylic acids is 1. The van der Waals surface area contributed by atoms with E-state index in [0.29, 0.717) is 19.4 Å². The van der Waals surface area contributed by atoms with Gasteiger partial charge in [-0.05, 0) is 24.8 Å². The molecule has 4 nitrogen and oxygen atoms in total. The first kappa shape index (κ1) is 14.0. The van der Waals surface area contributed by atoms with E-state index in [1.165, 1.54) is 0 Å². The Morgan fingerprint density at radius 3 is 2.63 bits per heavy atom. The molecule has 2 rings (SSSR count). The number of hydrogen-bond acceptors (Lipinski definition) is 3. The Bertz CT molecular complexity index is 415. The summed E-state index contributed by atoms with van der Waals surface area (Å²) in [5, 5.41) is 12.1. The first-order chi connectivity index (χ1) is 9.15. The molecule has 1 aromatic rings. The number of rotatable bonds is 7. The summed E-state index contributed by atoms with van der Waals surface area (Å²) in [5.41, 5.74) is 7.07. The van der Waals surface area contributed by atoms with Crippen molar-refractivity contribution < 1.29 is 9.90 Å². The van der Waals surface area contributed by atoms with Crippen molar-refractivity contribution in [3.8, 4) is 0 Å². The van der Waals surface area contributed by atoms with Crippen LogP contribution in [-0.2, 0) is 4.79 Å². The molecule has 19 heavy (non-hydrogen) atoms. The SMILES string of the molecule is NC(CCC(=O)NCC1(CO)CC1)c1ccccc1. The predicted molar refractivity (Wildman–Crippen MR) is 74.4 cm³/mol. The Morgan fingerprint density at radius 2 is 2.05 bits per heavy atom. The van der Waals surface area contributed by atoms with Crippen molar-refractivity contribution in [2.75, 3.05) is 13.2 Å². The number of nitrogens with one attached hydrogen (secondary N) is 1. The van der Waals surface area contributed by atoms with Gasteiger partial charge in [-0.1, -0.05) is 30.3 Å². The monoisotopic (exact) mass is 262 g/mol. The molecular weight excluding hydrogens is 240 g/mol. The average molecular weight is 262 g/mol. The highest BCUT2D eigenvalue weighted by atomic mass is 16.3. The molecule has 4 heteroatoms. The van der Waals surface area contributed by atoms with E-state index in [2.05, 4.69) is 5.32 Å². The molecule has 1 aliphatic rings. The van der Waals surface area contributed by atoms with Crippen LogP contribution in [0.25, 0.3) is 0 Å². The quantitative estimate of drug-likeness (QED) is 0.694. The van der Waals surface area contributed by atoms with Gasteiger partial charge >= 0.3 is 0 Å². The largest absolute Gasteiger partial charge is 0.396 e. The summed E-state index contributed by atoms with van der Waals surface area (Å²) in [6, 6.07) is 9.72. The lowest BCUT2D eigenvalue weighted by Gasteiger charge is -2.14. The van der Waals surface area contributed by atoms with E-state index < -0.39 is 0 Å². The van der Waals surface area contributed by atoms with E-state index in [-0.39, 0.29) is 24.0 Å². The van der Waals surface area contributed by atoms with E-state index in [1.54, 1.807) is 0 Å². The van der Waals surface area contributed by atoms with E-state index in [1.807, 2.05) is 30.3 Å². The number of aliphatic hydroxyl groups excluding tert-OH is 1. The summed E-state index contributed by atoms with van der Waals surface area (Å²) in [6.07, 6.45) is 3.08. The first-order valence-electron chi connectivity index (χ1n) is 6.83. The highest BCUT2D eigenvalue weighted by molar-refractivity contribution is 5.76. The molecule has 1 saturated carbocycles. The van der Waals surface area contributed by atoms with Crippen LogP contribution in [0.5, 0.6) is 0 Å². The van der Waals surface area contributed by atoms with E-state index >= 15 is 0 Å². The van der Waals surface area contributed by atoms with Gasteiger partial charge in [0.05, 0.1) is 6.61 Å². The van der Waals surface area contributed by atoms with Crippen molar-refractivity contribution in [1.82, 2.24) is 5.32 Å². The van der Waals surface area contributed by atoms with Crippen molar-refractivity contribution in [3.05, 3.63) is 35.9 Å². The van der Waals surface area contributed by atoms with Gasteiger partial charge in [0.25, 0.3) is 0 Å². The Morgan fingerprint density at radius 1 is 1.37 bits per heavy atom. The summed E-state index contributed by atoms with van der Waals surface area (Å²) in [7, 11) is 0. The van der Waals surface area contributed by atoms with Crippen molar-refractivity contribution in [3.63, 3.8) is 0 Å². The normalized spacial score (nSPS) is 17.8. The zero-order valence-electron chi connectivity index (χ0n) is 11.1. The van der Waals surface area contributed by atoms with Gasteiger partial charge in [-0.2, -0.15) is 0 Å². The fourth-order valence-electron chi connectivity index (χ4n) is 2.10. The Hall–Kier alpha value is -1.39. The molecule has 0 spiro atoms. The molecule has 4 N–H and O–H groups in total. The van der Waals surface area contributed by atoms with Crippen molar-refractivity contribution >= 4 is 5.91 Å². The molecular formula is C15H22N2O2. The van der Waals surface area contributed by atoms with Crippen LogP contribution in [0.4, 0.5) is 0 Å². The van der Waals surface area contributed by atoms with Crippen LogP contribution in [0, 0.1) is 5.41 Å². The average Bonchev–Trinajstić information content (AvgIpc) is 3.24. The number of nitrogens with two attached hydrogens (primary N) is 1. The summed E-state index contributed by atoms with van der Waals surface area (Å²) >= 11 is 0. The molecule has 1 aromatic carbocycles. The maximum atomic E-state index is 11.7. The second kappa shape index (κ2) is 6.17. The molecule has 1 fully saturated rings. The van der Waals surface area contributed by atoms with Gasteiger partial charge < -0.3 is 16.2 Å². The number of benzene rings is 1. The topological polar surface area (TPSA) is 75.4 Å². The highest BCUT2D eigenvalue weighted by Crippen LogP contribution is 2.44. The zero-order chi connectivity index (χ0) is 13.7. The molecule has 0 heterocycles. The molecule has 0 radical (unpaired) electrons. The van der Waals surface area contributed by atoms with Crippen molar-refractivity contribution in [2.24, 2.45) is 11.1 Å². The lowest BCUT2D eigenvalue weighted by molar-refractivity contribution is -0.121. The van der Waals surface area contributed by atoms with Crippen LogP contribution in [0.1, 0.15) is 37.3 Å². The second-order valence-electron chi connectivity index (χ2n) is 5.49. The smallest absolute Gasteiger partial charge is 0.220 e. The number of carbonyl (C=O) groups is 1. The van der Waals surface area contributed by atoms with Crippen LogP contribution < -0.4 is 11.1 Å². The third-order valence-corrected chi connectivity index (χ3v) is 3.86. The molecule has 0 aromatic heterocycles. The minimum absolute atomic E-state index is 0.0195. The Balaban J connectivity index is 1.69. The molecule has 0 aliphatic heterocycles. The minimum Gasteiger partial charge on any atom is -0.396 e. The molecule has 0 bridgehead atoms. The fraction of sp³-hybridized carbons (Fsp3) is 0.533. The molecule has 104 valence electrons. The summed E-state index contributed by atoms with van der Waals surface area (Å²) in [6.45, 7) is 0.750. The molecule has 1 aliphatic carbocycles. The second-order valence-corrected chi connectivity index (χ2v) is 5.49. The first-order valence-corrected chi connectivity index (χ1v) is 6.83. The van der Waals surface area contributed by atoms with Crippen LogP contribution >= 0.6 is 0 Å². The summed E-state index contributed by atoms with van der Waals surface area (Å²) < 4.78 is 0. The summed E-state index contributed by atoms with van der Waals surface area (Å²) in [5.74, 6) is 0.0195. The van der Waals surface area contributed by atoms with Gasteiger partial charge in [0.2, 0.25) is 5.91 Å². The molecule has 0 saturated heterocycles. The maximum absolute atomic E-state index is 11.7. The van der Waals surface area contributed by atoms with Gasteiger partial charge in [0, 0.05) is 24.4 Å². The maximum Gasteiger partial charge on any atom is 0.220 e. The van der Waals surface area contributed by atoms with Crippen LogP contribution in [0.3, 0.4) is 0 Å². The van der Waals surface area contributed by atoms with Crippen molar-refractivity contribution in [2.45, 2.75) is 31.7 Å². The Kier molecular flexibility index (Phi) is 4.56. The van der Waals surface area contributed by atoms with Gasteiger partial charge in [0.1, 0.15) is 0 Å². The number of hydrogen-bond donors (Lipinski definition) is 3. The minimum atomic E-state index is -0.0975. The van der Waals surface area contributed by atoms with Gasteiger partial charge in [0.15, 0.2) is 0 Å². The lowest BCUT2D eigenvalue weighted by atomic mass is 10.0. The van der Waals surface area contributed by atoms with E-state index in [4.69, 9.17) is 10.8 Å². The van der Waals surface area contributed by atoms with E-state index in [0.717, 1.165) is 18.4 Å². The van der Waals surface area contributed by atoms with Crippen LogP contribution in [0.2, 0.25) is 0 Å². The van der Waals surface area contributed by atoms with Gasteiger partial charge in [-0.15, -0.1) is 0 Å². The number of amides is 1.